The summed E-state index contributed by atoms with van der Waals surface area (Å²) in [5.41, 5.74) is -0.0673. The molecule has 0 radical (unpaired) electrons. The molecule has 6 heteroatoms. The van der Waals surface area contributed by atoms with Gasteiger partial charge in [-0.2, -0.15) is 0 Å². The molecule has 3 rings (SSSR count). The van der Waals surface area contributed by atoms with Crippen LogP contribution < -0.4 is 5.56 Å². The summed E-state index contributed by atoms with van der Waals surface area (Å²) in [6.07, 6.45) is 1.66. The third kappa shape index (κ3) is 1.82. The summed E-state index contributed by atoms with van der Waals surface area (Å²) in [6.45, 7) is 0. The Morgan fingerprint density at radius 3 is 2.72 bits per heavy atom. The van der Waals surface area contributed by atoms with Gasteiger partial charge in [0.25, 0.3) is 0 Å². The van der Waals surface area contributed by atoms with Crippen molar-refractivity contribution in [1.29, 1.82) is 0 Å². The molecule has 0 saturated heterocycles. The molecule has 0 atom stereocenters. The molecule has 0 N–H and O–H groups in total. The fourth-order valence-electron chi connectivity index (χ4n) is 1.66. The number of hydrogen-bond acceptors (Lipinski definition) is 2. The van der Waals surface area contributed by atoms with Gasteiger partial charge in [-0.05, 0) is 0 Å². The molecule has 0 spiro atoms. The number of pyridine rings is 1. The first-order chi connectivity index (χ1) is 8.68. The van der Waals surface area contributed by atoms with Gasteiger partial charge in [-0.25, -0.2) is 0 Å². The molecule has 90 valence electrons. The Morgan fingerprint density at radius 1 is 1.17 bits per heavy atom. The fraction of sp³-hybridized carbons (Fsp3) is 0. The standard InChI is InChI=1S/C12H6Cl2N2OSe/c13-8-5-4-7-11(10(8)14)18-16(12(7)17)9-3-1-2-6-15-9/h1-6H. The van der Waals surface area contributed by atoms with Gasteiger partial charge in [0.1, 0.15) is 0 Å². The molecule has 0 bridgehead atoms. The molecular weight excluding hydrogens is 338 g/mol. The molecule has 3 nitrogen and oxygen atoms in total. The Bertz CT molecular complexity index is 780. The second-order valence-electron chi connectivity index (χ2n) is 3.62. The molecule has 18 heavy (non-hydrogen) atoms. The van der Waals surface area contributed by atoms with Crippen LogP contribution in [0.25, 0.3) is 15.5 Å². The summed E-state index contributed by atoms with van der Waals surface area (Å²) in [4.78, 5) is 16.5. The normalized spacial score (nSPS) is 11.0. The second kappa shape index (κ2) is 4.56. The van der Waals surface area contributed by atoms with E-state index in [1.807, 2.05) is 12.1 Å². The Labute approximate surface area is 119 Å². The van der Waals surface area contributed by atoms with Crippen LogP contribution in [0, 0.1) is 0 Å². The maximum atomic E-state index is 12.3. The van der Waals surface area contributed by atoms with Crippen molar-refractivity contribution in [3.8, 4) is 5.82 Å². The Hall–Kier alpha value is -1.06. The first-order valence-electron chi connectivity index (χ1n) is 5.10. The van der Waals surface area contributed by atoms with Gasteiger partial charge in [-0.15, -0.1) is 0 Å². The molecule has 3 aromatic rings. The molecule has 0 aliphatic rings. The minimum atomic E-state index is -0.219. The van der Waals surface area contributed by atoms with E-state index in [1.165, 1.54) is 0 Å². The Morgan fingerprint density at radius 2 is 2.00 bits per heavy atom. The fourth-order valence-corrected chi connectivity index (χ4v) is 4.40. The molecular formula is C12H6Cl2N2OSe. The molecule has 0 saturated carbocycles. The van der Waals surface area contributed by atoms with Crippen LogP contribution in [-0.4, -0.2) is 23.3 Å². The average molecular weight is 344 g/mol. The minimum absolute atomic E-state index is 0.0673. The van der Waals surface area contributed by atoms with E-state index in [0.29, 0.717) is 21.2 Å². The van der Waals surface area contributed by atoms with Crippen LogP contribution in [0.3, 0.4) is 0 Å². The molecule has 1 aromatic carbocycles. The predicted molar refractivity (Wildman–Crippen MR) is 74.3 cm³/mol. The van der Waals surface area contributed by atoms with Crippen molar-refractivity contribution in [2.24, 2.45) is 0 Å². The van der Waals surface area contributed by atoms with Crippen LogP contribution >= 0.6 is 23.2 Å². The summed E-state index contributed by atoms with van der Waals surface area (Å²) in [7, 11) is 0. The third-order valence-electron chi connectivity index (χ3n) is 2.50. The van der Waals surface area contributed by atoms with Gasteiger partial charge in [0.15, 0.2) is 0 Å². The number of aromatic nitrogens is 2. The summed E-state index contributed by atoms with van der Waals surface area (Å²) < 4.78 is 2.48. The van der Waals surface area contributed by atoms with E-state index in [9.17, 15) is 4.79 Å². The van der Waals surface area contributed by atoms with Crippen LogP contribution in [0.1, 0.15) is 0 Å². The van der Waals surface area contributed by atoms with Crippen LogP contribution in [0.2, 0.25) is 10.0 Å². The third-order valence-corrected chi connectivity index (χ3v) is 5.96. The van der Waals surface area contributed by atoms with E-state index >= 15 is 0 Å². The first-order valence-corrected chi connectivity index (χ1v) is 7.48. The van der Waals surface area contributed by atoms with Crippen molar-refractivity contribution in [3.05, 3.63) is 56.9 Å². The number of rotatable bonds is 1. The molecule has 2 heterocycles. The van der Waals surface area contributed by atoms with Gasteiger partial charge >= 0.3 is 119 Å². The van der Waals surface area contributed by atoms with Crippen LogP contribution in [0.5, 0.6) is 0 Å². The Kier molecular flexibility index (Phi) is 3.04. The van der Waals surface area contributed by atoms with Gasteiger partial charge in [-0.3, -0.25) is 0 Å². The summed E-state index contributed by atoms with van der Waals surface area (Å²) in [6, 6.07) is 8.84. The zero-order chi connectivity index (χ0) is 12.7. The molecule has 0 amide bonds. The second-order valence-corrected chi connectivity index (χ2v) is 6.41. The van der Waals surface area contributed by atoms with E-state index in [4.69, 9.17) is 23.2 Å². The quantitative estimate of drug-likeness (QED) is 0.637. The van der Waals surface area contributed by atoms with Gasteiger partial charge in [0.2, 0.25) is 0 Å². The number of halogens is 2. The van der Waals surface area contributed by atoms with Crippen molar-refractivity contribution in [2.75, 3.05) is 0 Å². The molecule has 0 aliphatic carbocycles. The number of benzene rings is 1. The predicted octanol–water partition coefficient (Wildman–Crippen LogP) is 2.75. The van der Waals surface area contributed by atoms with Gasteiger partial charge in [0.05, 0.1) is 0 Å². The van der Waals surface area contributed by atoms with Crippen LogP contribution in [-0.2, 0) is 0 Å². The van der Waals surface area contributed by atoms with E-state index in [-0.39, 0.29) is 20.3 Å². The number of hydrogen-bond donors (Lipinski definition) is 0. The molecule has 0 fully saturated rings. The molecule has 0 unspecified atom stereocenters. The van der Waals surface area contributed by atoms with E-state index in [0.717, 1.165) is 4.26 Å². The number of nitrogens with zero attached hydrogens (tertiary/aromatic N) is 2. The summed E-state index contributed by atoms with van der Waals surface area (Å²) in [5.74, 6) is 0.644. The van der Waals surface area contributed by atoms with Gasteiger partial charge in [0, 0.05) is 0 Å². The van der Waals surface area contributed by atoms with E-state index < -0.39 is 0 Å². The van der Waals surface area contributed by atoms with Crippen LogP contribution in [0.4, 0.5) is 0 Å². The zero-order valence-electron chi connectivity index (χ0n) is 8.93. The van der Waals surface area contributed by atoms with Crippen molar-refractivity contribution in [3.63, 3.8) is 0 Å². The van der Waals surface area contributed by atoms with Crippen molar-refractivity contribution >= 4 is 47.6 Å². The first kappa shape index (κ1) is 12.0. The SMILES string of the molecule is O=c1c2ccc(Cl)c(Cl)c2[se]n1-c1ccccn1. The maximum absolute atomic E-state index is 12.3. The van der Waals surface area contributed by atoms with Crippen molar-refractivity contribution in [1.82, 2.24) is 8.55 Å². The topological polar surface area (TPSA) is 34.9 Å². The van der Waals surface area contributed by atoms with E-state index in [2.05, 4.69) is 4.98 Å². The van der Waals surface area contributed by atoms with E-state index in [1.54, 1.807) is 28.0 Å². The van der Waals surface area contributed by atoms with Gasteiger partial charge < -0.3 is 0 Å². The Balaban J connectivity index is 2.37. The van der Waals surface area contributed by atoms with Crippen LogP contribution in [0.15, 0.2) is 41.3 Å². The van der Waals surface area contributed by atoms with Crippen molar-refractivity contribution in [2.45, 2.75) is 0 Å². The molecule has 2 aromatic heterocycles. The zero-order valence-corrected chi connectivity index (χ0v) is 12.2. The summed E-state index contributed by atoms with van der Waals surface area (Å²) in [5, 5.41) is 1.57. The summed E-state index contributed by atoms with van der Waals surface area (Å²) >= 11 is 11.9. The number of fused-ring (bicyclic) bond motifs is 1. The monoisotopic (exact) mass is 344 g/mol. The van der Waals surface area contributed by atoms with Gasteiger partial charge in [-0.1, -0.05) is 0 Å². The average Bonchev–Trinajstić information content (AvgIpc) is 2.73. The molecule has 0 aliphatic heterocycles. The van der Waals surface area contributed by atoms with Crippen molar-refractivity contribution < 1.29 is 0 Å².